The molecule has 0 bridgehead atoms. The van der Waals surface area contributed by atoms with Crippen LogP contribution in [-0.4, -0.2) is 36.0 Å². The van der Waals surface area contributed by atoms with E-state index in [1.54, 1.807) is 11.8 Å². The van der Waals surface area contributed by atoms with Crippen molar-refractivity contribution in [2.45, 2.75) is 32.4 Å². The average molecular weight is 248 g/mol. The monoisotopic (exact) mass is 248 g/mol. The molecule has 1 aliphatic heterocycles. The van der Waals surface area contributed by atoms with E-state index in [4.69, 9.17) is 10.5 Å². The summed E-state index contributed by atoms with van der Waals surface area (Å²) in [7, 11) is 0. The molecule has 1 fully saturated rings. The number of nitrogens with zero attached hydrogens (tertiary/aromatic N) is 1. The van der Waals surface area contributed by atoms with Gasteiger partial charge in [0, 0.05) is 19.1 Å². The van der Waals surface area contributed by atoms with Crippen LogP contribution in [0.2, 0.25) is 0 Å². The summed E-state index contributed by atoms with van der Waals surface area (Å²) in [5.41, 5.74) is 6.97. The zero-order valence-corrected chi connectivity index (χ0v) is 10.9. The topological polar surface area (TPSA) is 55.6 Å². The zero-order valence-electron chi connectivity index (χ0n) is 10.9. The van der Waals surface area contributed by atoms with Gasteiger partial charge in [-0.15, -0.1) is 0 Å². The molecule has 2 N–H and O–H groups in total. The third-order valence-electron chi connectivity index (χ3n) is 3.22. The van der Waals surface area contributed by atoms with Gasteiger partial charge in [0.1, 0.15) is 5.75 Å². The number of hydrogen-bond donors (Lipinski definition) is 1. The Hall–Kier alpha value is -1.55. The Morgan fingerprint density at radius 3 is 2.67 bits per heavy atom. The first kappa shape index (κ1) is 12.9. The lowest BCUT2D eigenvalue weighted by Gasteiger charge is -2.21. The Morgan fingerprint density at radius 1 is 1.44 bits per heavy atom. The van der Waals surface area contributed by atoms with Crippen LogP contribution in [0.5, 0.6) is 5.75 Å². The molecule has 2 atom stereocenters. The quantitative estimate of drug-likeness (QED) is 0.877. The first-order valence-corrected chi connectivity index (χ1v) is 6.34. The van der Waals surface area contributed by atoms with Crippen LogP contribution < -0.4 is 10.5 Å². The largest absolute Gasteiger partial charge is 0.481 e. The molecule has 2 rings (SSSR count). The van der Waals surface area contributed by atoms with Gasteiger partial charge >= 0.3 is 0 Å². The van der Waals surface area contributed by atoms with Crippen molar-refractivity contribution in [3.05, 3.63) is 29.8 Å². The van der Waals surface area contributed by atoms with Crippen LogP contribution in [-0.2, 0) is 4.79 Å². The highest BCUT2D eigenvalue weighted by molar-refractivity contribution is 5.81. The second-order valence-electron chi connectivity index (χ2n) is 4.91. The predicted octanol–water partition coefficient (Wildman–Crippen LogP) is 1.32. The molecule has 1 aromatic rings. The van der Waals surface area contributed by atoms with Gasteiger partial charge in [0.25, 0.3) is 5.91 Å². The minimum Gasteiger partial charge on any atom is -0.481 e. The first-order chi connectivity index (χ1) is 8.56. The molecule has 0 unspecified atom stereocenters. The zero-order chi connectivity index (χ0) is 13.1. The van der Waals surface area contributed by atoms with Gasteiger partial charge in [-0.05, 0) is 32.4 Å². The minimum atomic E-state index is -0.460. The van der Waals surface area contributed by atoms with Crippen molar-refractivity contribution in [3.8, 4) is 5.75 Å². The highest BCUT2D eigenvalue weighted by Gasteiger charge is 2.27. The number of ether oxygens (including phenoxy) is 1. The molecule has 1 aromatic carbocycles. The van der Waals surface area contributed by atoms with E-state index >= 15 is 0 Å². The van der Waals surface area contributed by atoms with Gasteiger partial charge < -0.3 is 15.4 Å². The van der Waals surface area contributed by atoms with Crippen molar-refractivity contribution in [1.29, 1.82) is 0 Å². The summed E-state index contributed by atoms with van der Waals surface area (Å²) < 4.78 is 5.65. The summed E-state index contributed by atoms with van der Waals surface area (Å²) in [6, 6.07) is 7.82. The number of nitrogens with two attached hydrogens (primary N) is 1. The summed E-state index contributed by atoms with van der Waals surface area (Å²) >= 11 is 0. The van der Waals surface area contributed by atoms with Gasteiger partial charge in [-0.1, -0.05) is 17.7 Å². The fraction of sp³-hybridized carbons (Fsp3) is 0.500. The maximum atomic E-state index is 12.1. The lowest BCUT2D eigenvalue weighted by Crippen LogP contribution is -2.40. The van der Waals surface area contributed by atoms with Crippen molar-refractivity contribution in [1.82, 2.24) is 4.90 Å². The van der Waals surface area contributed by atoms with Crippen LogP contribution in [0.3, 0.4) is 0 Å². The molecule has 98 valence electrons. The van der Waals surface area contributed by atoms with Crippen LogP contribution in [0.4, 0.5) is 0 Å². The number of hydrogen-bond acceptors (Lipinski definition) is 3. The number of aryl methyl sites for hydroxylation is 1. The first-order valence-electron chi connectivity index (χ1n) is 6.34. The number of rotatable bonds is 3. The lowest BCUT2D eigenvalue weighted by atomic mass is 10.2. The van der Waals surface area contributed by atoms with E-state index < -0.39 is 6.10 Å². The number of carbonyl (C=O) groups is 1. The Bertz CT molecular complexity index is 416. The highest BCUT2D eigenvalue weighted by Crippen LogP contribution is 2.15. The van der Waals surface area contributed by atoms with E-state index in [1.165, 1.54) is 5.56 Å². The Balaban J connectivity index is 1.93. The average Bonchev–Trinajstić information content (AvgIpc) is 2.78. The molecule has 0 radical (unpaired) electrons. The van der Waals surface area contributed by atoms with Crippen molar-refractivity contribution >= 4 is 5.91 Å². The normalized spacial score (nSPS) is 20.8. The summed E-state index contributed by atoms with van der Waals surface area (Å²) in [4.78, 5) is 13.9. The molecule has 18 heavy (non-hydrogen) atoms. The maximum Gasteiger partial charge on any atom is 0.263 e. The fourth-order valence-electron chi connectivity index (χ4n) is 2.12. The van der Waals surface area contributed by atoms with Gasteiger partial charge in [-0.2, -0.15) is 0 Å². The summed E-state index contributed by atoms with van der Waals surface area (Å²) in [5.74, 6) is 0.744. The second-order valence-corrected chi connectivity index (χ2v) is 4.91. The van der Waals surface area contributed by atoms with Crippen molar-refractivity contribution in [2.24, 2.45) is 5.73 Å². The summed E-state index contributed by atoms with van der Waals surface area (Å²) in [5, 5.41) is 0. The minimum absolute atomic E-state index is 0.0172. The van der Waals surface area contributed by atoms with Gasteiger partial charge in [0.15, 0.2) is 6.10 Å². The molecule has 1 saturated heterocycles. The van der Waals surface area contributed by atoms with E-state index in [0.717, 1.165) is 18.7 Å². The van der Waals surface area contributed by atoms with Crippen LogP contribution in [0.1, 0.15) is 18.9 Å². The molecule has 0 aromatic heterocycles. The molecule has 4 heteroatoms. The van der Waals surface area contributed by atoms with Crippen LogP contribution >= 0.6 is 0 Å². The van der Waals surface area contributed by atoms with E-state index in [2.05, 4.69) is 0 Å². The van der Waals surface area contributed by atoms with Crippen molar-refractivity contribution < 1.29 is 9.53 Å². The third-order valence-corrected chi connectivity index (χ3v) is 3.22. The van der Waals surface area contributed by atoms with E-state index in [0.29, 0.717) is 6.54 Å². The van der Waals surface area contributed by atoms with Gasteiger partial charge in [0.2, 0.25) is 0 Å². The number of carbonyl (C=O) groups excluding carboxylic acids is 1. The predicted molar refractivity (Wildman–Crippen MR) is 70.4 cm³/mol. The molecule has 0 aliphatic carbocycles. The SMILES string of the molecule is Cc1ccc(O[C@H](C)C(=O)N2CC[C@@H](N)C2)cc1. The molecule has 0 saturated carbocycles. The van der Waals surface area contributed by atoms with E-state index in [9.17, 15) is 4.79 Å². The summed E-state index contributed by atoms with van der Waals surface area (Å²) in [6.45, 7) is 5.18. The Morgan fingerprint density at radius 2 is 2.11 bits per heavy atom. The molecule has 1 amide bonds. The number of amides is 1. The smallest absolute Gasteiger partial charge is 0.263 e. The van der Waals surface area contributed by atoms with Gasteiger partial charge in [-0.25, -0.2) is 0 Å². The Kier molecular flexibility index (Phi) is 3.87. The van der Waals surface area contributed by atoms with Gasteiger partial charge in [0.05, 0.1) is 0 Å². The molecular weight excluding hydrogens is 228 g/mol. The van der Waals surface area contributed by atoms with Crippen LogP contribution in [0.15, 0.2) is 24.3 Å². The van der Waals surface area contributed by atoms with E-state index in [-0.39, 0.29) is 11.9 Å². The van der Waals surface area contributed by atoms with Crippen molar-refractivity contribution in [2.75, 3.05) is 13.1 Å². The molecule has 1 aliphatic rings. The molecule has 0 spiro atoms. The third kappa shape index (κ3) is 3.01. The second kappa shape index (κ2) is 5.40. The van der Waals surface area contributed by atoms with E-state index in [1.807, 2.05) is 31.2 Å². The standard InChI is InChI=1S/C14H20N2O2/c1-10-3-5-13(6-4-10)18-11(2)14(17)16-8-7-12(15)9-16/h3-6,11-12H,7-9,15H2,1-2H3/t11-,12-/m1/s1. The lowest BCUT2D eigenvalue weighted by molar-refractivity contribution is -0.136. The van der Waals surface area contributed by atoms with Gasteiger partial charge in [-0.3, -0.25) is 4.79 Å². The van der Waals surface area contributed by atoms with Crippen molar-refractivity contribution in [3.63, 3.8) is 0 Å². The molecule has 4 nitrogen and oxygen atoms in total. The number of benzene rings is 1. The maximum absolute atomic E-state index is 12.1. The highest BCUT2D eigenvalue weighted by atomic mass is 16.5. The number of likely N-dealkylation sites (tertiary alicyclic amines) is 1. The fourth-order valence-corrected chi connectivity index (χ4v) is 2.12. The molecule has 1 heterocycles. The van der Waals surface area contributed by atoms with Crippen LogP contribution in [0, 0.1) is 6.92 Å². The van der Waals surface area contributed by atoms with Crippen LogP contribution in [0.25, 0.3) is 0 Å². The summed E-state index contributed by atoms with van der Waals surface area (Å²) in [6.07, 6.45) is 0.418. The molecular formula is C14H20N2O2. The Labute approximate surface area is 108 Å².